The second kappa shape index (κ2) is 7.38. The molecule has 0 atom stereocenters. The molecule has 0 aliphatic carbocycles. The lowest BCUT2D eigenvalue weighted by Crippen LogP contribution is -2.05. The Morgan fingerprint density at radius 3 is 3.10 bits per heavy atom. The standard InChI is InChI=1S/C14H14ClFN2O2S/c1-2-20-13(19)6-4-10-8-21-14(17-10)18-12-7-9(16)3-5-11(12)15/h3,5,7-8H,2,4,6H2,1H3,(H,17,18). The lowest BCUT2D eigenvalue weighted by molar-refractivity contribution is -0.143. The number of rotatable bonds is 6. The van der Waals surface area contributed by atoms with Gasteiger partial charge in [-0.2, -0.15) is 0 Å². The van der Waals surface area contributed by atoms with E-state index in [4.69, 9.17) is 16.3 Å². The van der Waals surface area contributed by atoms with Crippen LogP contribution in [0, 0.1) is 5.82 Å². The smallest absolute Gasteiger partial charge is 0.306 e. The molecule has 7 heteroatoms. The SMILES string of the molecule is CCOC(=O)CCc1csc(Nc2cc(F)ccc2Cl)n1. The first kappa shape index (κ1) is 15.7. The number of benzene rings is 1. The lowest BCUT2D eigenvalue weighted by Gasteiger charge is -2.04. The van der Waals surface area contributed by atoms with Gasteiger partial charge in [-0.05, 0) is 25.1 Å². The molecule has 0 saturated heterocycles. The molecule has 0 bridgehead atoms. The molecule has 0 fully saturated rings. The van der Waals surface area contributed by atoms with Gasteiger partial charge >= 0.3 is 5.97 Å². The molecular weight excluding hydrogens is 315 g/mol. The van der Waals surface area contributed by atoms with Crippen LogP contribution in [0.4, 0.5) is 15.2 Å². The lowest BCUT2D eigenvalue weighted by atomic mass is 10.2. The maximum atomic E-state index is 13.2. The van der Waals surface area contributed by atoms with Crippen LogP contribution in [0.5, 0.6) is 0 Å². The van der Waals surface area contributed by atoms with Crippen molar-refractivity contribution in [3.63, 3.8) is 0 Å². The first-order valence-electron chi connectivity index (χ1n) is 6.40. The molecule has 1 heterocycles. The van der Waals surface area contributed by atoms with Gasteiger partial charge in [0.15, 0.2) is 5.13 Å². The highest BCUT2D eigenvalue weighted by Crippen LogP contribution is 2.28. The highest BCUT2D eigenvalue weighted by Gasteiger charge is 2.08. The van der Waals surface area contributed by atoms with Gasteiger partial charge in [0, 0.05) is 11.8 Å². The summed E-state index contributed by atoms with van der Waals surface area (Å²) in [5, 5.41) is 5.82. The molecule has 2 rings (SSSR count). The molecule has 0 aliphatic heterocycles. The Labute approximate surface area is 130 Å². The number of carbonyl (C=O) groups excluding carboxylic acids is 1. The van der Waals surface area contributed by atoms with Crippen LogP contribution < -0.4 is 5.32 Å². The number of aryl methyl sites for hydroxylation is 1. The fraction of sp³-hybridized carbons (Fsp3) is 0.286. The number of halogens is 2. The van der Waals surface area contributed by atoms with Gasteiger partial charge in [-0.25, -0.2) is 9.37 Å². The quantitative estimate of drug-likeness (QED) is 0.808. The Kier molecular flexibility index (Phi) is 5.52. The van der Waals surface area contributed by atoms with Crippen LogP contribution in [0.25, 0.3) is 0 Å². The summed E-state index contributed by atoms with van der Waals surface area (Å²) in [7, 11) is 0. The fourth-order valence-corrected chi connectivity index (χ4v) is 2.57. The van der Waals surface area contributed by atoms with Crippen molar-refractivity contribution < 1.29 is 13.9 Å². The number of carbonyl (C=O) groups is 1. The van der Waals surface area contributed by atoms with Crippen LogP contribution in [0.15, 0.2) is 23.6 Å². The number of anilines is 2. The summed E-state index contributed by atoms with van der Waals surface area (Å²) in [6.07, 6.45) is 0.797. The highest BCUT2D eigenvalue weighted by atomic mass is 35.5. The number of aromatic nitrogens is 1. The second-order valence-electron chi connectivity index (χ2n) is 4.20. The summed E-state index contributed by atoms with van der Waals surface area (Å²) < 4.78 is 18.0. The summed E-state index contributed by atoms with van der Waals surface area (Å²) in [4.78, 5) is 15.6. The molecule has 112 valence electrons. The molecular formula is C14H14ClFN2O2S. The van der Waals surface area contributed by atoms with Gasteiger partial charge in [-0.3, -0.25) is 4.79 Å². The molecule has 21 heavy (non-hydrogen) atoms. The van der Waals surface area contributed by atoms with Crippen LogP contribution in [-0.4, -0.2) is 17.6 Å². The van der Waals surface area contributed by atoms with E-state index < -0.39 is 0 Å². The first-order valence-corrected chi connectivity index (χ1v) is 7.66. The van der Waals surface area contributed by atoms with Crippen molar-refractivity contribution >= 4 is 39.7 Å². The van der Waals surface area contributed by atoms with E-state index in [9.17, 15) is 9.18 Å². The zero-order valence-electron chi connectivity index (χ0n) is 11.4. The first-order chi connectivity index (χ1) is 10.1. The van der Waals surface area contributed by atoms with E-state index in [1.165, 1.54) is 29.5 Å². The average Bonchev–Trinajstić information content (AvgIpc) is 2.89. The van der Waals surface area contributed by atoms with Crippen molar-refractivity contribution in [2.45, 2.75) is 19.8 Å². The van der Waals surface area contributed by atoms with Gasteiger partial charge < -0.3 is 10.1 Å². The van der Waals surface area contributed by atoms with Crippen molar-refractivity contribution in [2.75, 3.05) is 11.9 Å². The van der Waals surface area contributed by atoms with E-state index >= 15 is 0 Å². The number of hydrogen-bond donors (Lipinski definition) is 1. The Balaban J connectivity index is 1.97. The van der Waals surface area contributed by atoms with Gasteiger partial charge in [0.2, 0.25) is 0 Å². The topological polar surface area (TPSA) is 51.2 Å². The number of hydrogen-bond acceptors (Lipinski definition) is 5. The Bertz CT molecular complexity index is 633. The Morgan fingerprint density at radius 2 is 2.33 bits per heavy atom. The Hall–Kier alpha value is -1.66. The average molecular weight is 329 g/mol. The zero-order chi connectivity index (χ0) is 15.2. The number of nitrogens with one attached hydrogen (secondary N) is 1. The third kappa shape index (κ3) is 4.68. The molecule has 0 radical (unpaired) electrons. The minimum Gasteiger partial charge on any atom is -0.466 e. The minimum atomic E-state index is -0.374. The van der Waals surface area contributed by atoms with E-state index in [1.807, 2.05) is 5.38 Å². The van der Waals surface area contributed by atoms with Gasteiger partial charge in [0.25, 0.3) is 0 Å². The van der Waals surface area contributed by atoms with Crippen molar-refractivity contribution in [3.05, 3.63) is 40.1 Å². The van der Waals surface area contributed by atoms with Gasteiger partial charge in [0.05, 0.1) is 29.4 Å². The Morgan fingerprint density at radius 1 is 1.52 bits per heavy atom. The summed E-state index contributed by atoms with van der Waals surface area (Å²) in [6.45, 7) is 2.15. The normalized spacial score (nSPS) is 10.4. The second-order valence-corrected chi connectivity index (χ2v) is 5.46. The number of ether oxygens (including phenoxy) is 1. The van der Waals surface area contributed by atoms with Crippen molar-refractivity contribution in [1.29, 1.82) is 0 Å². The van der Waals surface area contributed by atoms with Gasteiger partial charge in [-0.15, -0.1) is 11.3 Å². The summed E-state index contributed by atoms with van der Waals surface area (Å²) in [6, 6.07) is 4.08. The molecule has 0 saturated carbocycles. The molecule has 1 N–H and O–H groups in total. The number of esters is 1. The van der Waals surface area contributed by atoms with E-state index in [0.717, 1.165) is 5.69 Å². The van der Waals surface area contributed by atoms with Crippen LogP contribution >= 0.6 is 22.9 Å². The van der Waals surface area contributed by atoms with Crippen molar-refractivity contribution in [1.82, 2.24) is 4.98 Å². The van der Waals surface area contributed by atoms with Crippen LogP contribution in [0.1, 0.15) is 19.0 Å². The third-order valence-corrected chi connectivity index (χ3v) is 3.75. The van der Waals surface area contributed by atoms with Crippen molar-refractivity contribution in [3.8, 4) is 0 Å². The van der Waals surface area contributed by atoms with Gasteiger partial charge in [0.1, 0.15) is 5.82 Å². The summed E-state index contributed by atoms with van der Waals surface area (Å²) in [5.74, 6) is -0.617. The maximum absolute atomic E-state index is 13.2. The molecule has 0 aliphatic rings. The minimum absolute atomic E-state index is 0.242. The van der Waals surface area contributed by atoms with Gasteiger partial charge in [-0.1, -0.05) is 11.6 Å². The molecule has 1 aromatic carbocycles. The predicted octanol–water partition coefficient (Wildman–Crippen LogP) is 4.17. The summed E-state index contributed by atoms with van der Waals surface area (Å²) >= 11 is 7.35. The molecule has 0 amide bonds. The molecule has 2 aromatic rings. The van der Waals surface area contributed by atoms with E-state index in [1.54, 1.807) is 6.92 Å². The molecule has 1 aromatic heterocycles. The summed E-state index contributed by atoms with van der Waals surface area (Å²) in [5.41, 5.74) is 1.24. The van der Waals surface area contributed by atoms with E-state index in [0.29, 0.717) is 28.9 Å². The van der Waals surface area contributed by atoms with E-state index in [2.05, 4.69) is 10.3 Å². The molecule has 4 nitrogen and oxygen atoms in total. The monoisotopic (exact) mass is 328 g/mol. The van der Waals surface area contributed by atoms with Crippen LogP contribution in [-0.2, 0) is 16.0 Å². The zero-order valence-corrected chi connectivity index (χ0v) is 12.9. The fourth-order valence-electron chi connectivity index (χ4n) is 1.65. The number of thiazole rings is 1. The van der Waals surface area contributed by atoms with E-state index in [-0.39, 0.29) is 18.2 Å². The molecule has 0 unspecified atom stereocenters. The largest absolute Gasteiger partial charge is 0.466 e. The van der Waals surface area contributed by atoms with Crippen LogP contribution in [0.2, 0.25) is 5.02 Å². The predicted molar refractivity (Wildman–Crippen MR) is 81.8 cm³/mol. The van der Waals surface area contributed by atoms with Crippen LogP contribution in [0.3, 0.4) is 0 Å². The number of nitrogens with zero attached hydrogens (tertiary/aromatic N) is 1. The molecule has 0 spiro atoms. The third-order valence-electron chi connectivity index (χ3n) is 2.61. The highest BCUT2D eigenvalue weighted by molar-refractivity contribution is 7.13. The maximum Gasteiger partial charge on any atom is 0.306 e. The van der Waals surface area contributed by atoms with Crippen molar-refractivity contribution in [2.24, 2.45) is 0 Å².